The summed E-state index contributed by atoms with van der Waals surface area (Å²) in [6, 6.07) is 13.3. The van der Waals surface area contributed by atoms with E-state index >= 15 is 0 Å². The lowest BCUT2D eigenvalue weighted by Gasteiger charge is -2.20. The number of amidine groups is 1. The molecular formula is C19H18N2O3S. The minimum absolute atomic E-state index is 0.0608. The molecule has 0 atom stereocenters. The van der Waals surface area contributed by atoms with Crippen LogP contribution >= 0.6 is 11.8 Å². The molecule has 0 N–H and O–H groups in total. The van der Waals surface area contributed by atoms with Crippen LogP contribution in [0.4, 0.5) is 5.69 Å². The number of aliphatic imine (C=N–C) groups is 1. The van der Waals surface area contributed by atoms with Crippen LogP contribution in [-0.4, -0.2) is 41.5 Å². The molecule has 6 heteroatoms. The van der Waals surface area contributed by atoms with Gasteiger partial charge in [-0.15, -0.1) is 0 Å². The van der Waals surface area contributed by atoms with Crippen LogP contribution in [0.5, 0.6) is 11.5 Å². The van der Waals surface area contributed by atoms with Crippen LogP contribution in [0.15, 0.2) is 47.5 Å². The Bertz CT molecular complexity index is 850. The van der Waals surface area contributed by atoms with Crippen molar-refractivity contribution in [3.8, 4) is 11.5 Å². The number of thioether (sulfide) groups is 1. The zero-order valence-electron chi connectivity index (χ0n) is 13.9. The van der Waals surface area contributed by atoms with Gasteiger partial charge in [-0.25, -0.2) is 4.99 Å². The van der Waals surface area contributed by atoms with E-state index in [0.29, 0.717) is 36.8 Å². The Balaban J connectivity index is 1.62. The largest absolute Gasteiger partial charge is 0.486 e. The molecule has 0 bridgehead atoms. The second kappa shape index (κ2) is 6.80. The van der Waals surface area contributed by atoms with Crippen LogP contribution in [0.25, 0.3) is 0 Å². The fourth-order valence-electron chi connectivity index (χ4n) is 2.81. The minimum Gasteiger partial charge on any atom is -0.486 e. The van der Waals surface area contributed by atoms with Crippen molar-refractivity contribution in [3.63, 3.8) is 0 Å². The number of hydrogen-bond donors (Lipinski definition) is 0. The van der Waals surface area contributed by atoms with Crippen molar-refractivity contribution in [3.05, 3.63) is 53.6 Å². The monoisotopic (exact) mass is 354 g/mol. The summed E-state index contributed by atoms with van der Waals surface area (Å²) in [4.78, 5) is 19.4. The molecule has 0 saturated carbocycles. The van der Waals surface area contributed by atoms with Gasteiger partial charge in [-0.2, -0.15) is 0 Å². The third-order valence-corrected chi connectivity index (χ3v) is 5.10. The van der Waals surface area contributed by atoms with Gasteiger partial charge < -0.3 is 9.47 Å². The van der Waals surface area contributed by atoms with Crippen LogP contribution < -0.4 is 9.47 Å². The highest BCUT2D eigenvalue weighted by Crippen LogP contribution is 2.32. The van der Waals surface area contributed by atoms with Crippen LogP contribution in [0.1, 0.15) is 15.9 Å². The Morgan fingerprint density at radius 2 is 1.92 bits per heavy atom. The Morgan fingerprint density at radius 1 is 1.12 bits per heavy atom. The lowest BCUT2D eigenvalue weighted by Crippen LogP contribution is -2.31. The first kappa shape index (κ1) is 16.0. The Hall–Kier alpha value is -2.47. The molecule has 25 heavy (non-hydrogen) atoms. The lowest BCUT2D eigenvalue weighted by atomic mass is 10.1. The Kier molecular flexibility index (Phi) is 4.36. The SMILES string of the molecule is Cc1ccccc1N=C1SCCN1C(=O)c1ccc2c(c1)OCCO2. The first-order chi connectivity index (χ1) is 12.2. The molecule has 2 heterocycles. The number of hydrogen-bond acceptors (Lipinski definition) is 5. The first-order valence-electron chi connectivity index (χ1n) is 8.21. The summed E-state index contributed by atoms with van der Waals surface area (Å²) in [5.41, 5.74) is 2.57. The summed E-state index contributed by atoms with van der Waals surface area (Å²) >= 11 is 1.60. The summed E-state index contributed by atoms with van der Waals surface area (Å²) in [6.45, 7) is 3.72. The number of benzene rings is 2. The predicted octanol–water partition coefficient (Wildman–Crippen LogP) is 3.64. The average molecular weight is 354 g/mol. The zero-order chi connectivity index (χ0) is 17.2. The van der Waals surface area contributed by atoms with Crippen molar-refractivity contribution < 1.29 is 14.3 Å². The molecule has 1 amide bonds. The highest BCUT2D eigenvalue weighted by atomic mass is 32.2. The number of nitrogens with zero attached hydrogens (tertiary/aromatic N) is 2. The third-order valence-electron chi connectivity index (χ3n) is 4.14. The van der Waals surface area contributed by atoms with Gasteiger partial charge >= 0.3 is 0 Å². The van der Waals surface area contributed by atoms with Gasteiger partial charge in [0.2, 0.25) is 0 Å². The van der Waals surface area contributed by atoms with E-state index < -0.39 is 0 Å². The van der Waals surface area contributed by atoms with Gasteiger partial charge in [0.05, 0.1) is 5.69 Å². The average Bonchev–Trinajstić information content (AvgIpc) is 3.11. The molecule has 0 unspecified atom stereocenters. The van der Waals surface area contributed by atoms with E-state index in [-0.39, 0.29) is 5.91 Å². The minimum atomic E-state index is -0.0608. The summed E-state index contributed by atoms with van der Waals surface area (Å²) < 4.78 is 11.1. The highest BCUT2D eigenvalue weighted by Gasteiger charge is 2.28. The van der Waals surface area contributed by atoms with Gasteiger partial charge in [-0.1, -0.05) is 30.0 Å². The van der Waals surface area contributed by atoms with E-state index in [1.54, 1.807) is 34.9 Å². The van der Waals surface area contributed by atoms with Gasteiger partial charge in [-0.3, -0.25) is 9.69 Å². The number of aryl methyl sites for hydroxylation is 1. The number of fused-ring (bicyclic) bond motifs is 1. The molecular weight excluding hydrogens is 336 g/mol. The second-order valence-corrected chi connectivity index (χ2v) is 6.91. The lowest BCUT2D eigenvalue weighted by molar-refractivity contribution is 0.0858. The first-order valence-corrected chi connectivity index (χ1v) is 9.19. The van der Waals surface area contributed by atoms with Gasteiger partial charge in [0.15, 0.2) is 16.7 Å². The Morgan fingerprint density at radius 3 is 2.76 bits per heavy atom. The van der Waals surface area contributed by atoms with Crippen LogP contribution in [-0.2, 0) is 0 Å². The van der Waals surface area contributed by atoms with E-state index in [0.717, 1.165) is 22.2 Å². The van der Waals surface area contributed by atoms with Gasteiger partial charge in [0.25, 0.3) is 5.91 Å². The number of amides is 1. The van der Waals surface area contributed by atoms with E-state index in [9.17, 15) is 4.79 Å². The molecule has 0 spiro atoms. The maximum absolute atomic E-state index is 13.0. The van der Waals surface area contributed by atoms with E-state index in [1.807, 2.05) is 31.2 Å². The van der Waals surface area contributed by atoms with Crippen molar-refractivity contribution in [1.82, 2.24) is 4.90 Å². The van der Waals surface area contributed by atoms with Crippen molar-refractivity contribution in [2.75, 3.05) is 25.5 Å². The fourth-order valence-corrected chi connectivity index (χ4v) is 3.76. The highest BCUT2D eigenvalue weighted by molar-refractivity contribution is 8.14. The molecule has 1 saturated heterocycles. The quantitative estimate of drug-likeness (QED) is 0.826. The second-order valence-electron chi connectivity index (χ2n) is 5.84. The van der Waals surface area contributed by atoms with Crippen LogP contribution in [0.2, 0.25) is 0 Å². The standard InChI is InChI=1S/C19H18N2O3S/c1-13-4-2-3-5-15(13)20-19-21(8-11-25-19)18(22)14-6-7-16-17(12-14)24-10-9-23-16/h2-7,12H,8-11H2,1H3. The number of carbonyl (C=O) groups excluding carboxylic acids is 1. The molecule has 2 aromatic rings. The smallest absolute Gasteiger partial charge is 0.260 e. The van der Waals surface area contributed by atoms with Crippen molar-refractivity contribution >= 4 is 28.5 Å². The van der Waals surface area contributed by atoms with Crippen molar-refractivity contribution in [2.24, 2.45) is 4.99 Å². The van der Waals surface area contributed by atoms with E-state index in [1.165, 1.54) is 0 Å². The zero-order valence-corrected chi connectivity index (χ0v) is 14.7. The molecule has 5 nitrogen and oxygen atoms in total. The van der Waals surface area contributed by atoms with Gasteiger partial charge in [0, 0.05) is 17.9 Å². The van der Waals surface area contributed by atoms with Gasteiger partial charge in [-0.05, 0) is 36.8 Å². The summed E-state index contributed by atoms with van der Waals surface area (Å²) in [5, 5.41) is 0.745. The van der Waals surface area contributed by atoms with Gasteiger partial charge in [0.1, 0.15) is 13.2 Å². The maximum Gasteiger partial charge on any atom is 0.260 e. The Labute approximate surface area is 150 Å². The maximum atomic E-state index is 13.0. The normalized spacial score (nSPS) is 17.8. The summed E-state index contributed by atoms with van der Waals surface area (Å²) in [5.74, 6) is 2.10. The van der Waals surface area contributed by atoms with Crippen molar-refractivity contribution in [2.45, 2.75) is 6.92 Å². The molecule has 2 aromatic carbocycles. The molecule has 1 fully saturated rings. The molecule has 0 aliphatic carbocycles. The summed E-state index contributed by atoms with van der Waals surface area (Å²) in [6.07, 6.45) is 0. The molecule has 0 aromatic heterocycles. The van der Waals surface area contributed by atoms with E-state index in [2.05, 4.69) is 0 Å². The number of rotatable bonds is 2. The number of carbonyl (C=O) groups is 1. The molecule has 2 aliphatic heterocycles. The van der Waals surface area contributed by atoms with Crippen molar-refractivity contribution in [1.29, 1.82) is 0 Å². The third kappa shape index (κ3) is 3.22. The molecule has 128 valence electrons. The number of para-hydroxylation sites is 1. The number of ether oxygens (including phenoxy) is 2. The summed E-state index contributed by atoms with van der Waals surface area (Å²) in [7, 11) is 0. The molecule has 4 rings (SSSR count). The molecule has 0 radical (unpaired) electrons. The van der Waals surface area contributed by atoms with Crippen LogP contribution in [0.3, 0.4) is 0 Å². The van der Waals surface area contributed by atoms with Crippen LogP contribution in [0, 0.1) is 6.92 Å². The predicted molar refractivity (Wildman–Crippen MR) is 99.2 cm³/mol. The fraction of sp³-hybridized carbons (Fsp3) is 0.263. The molecule has 2 aliphatic rings. The van der Waals surface area contributed by atoms with E-state index in [4.69, 9.17) is 14.5 Å². The topological polar surface area (TPSA) is 51.1 Å².